The Bertz CT molecular complexity index is 1080. The molecule has 0 aliphatic rings. The fourth-order valence-corrected chi connectivity index (χ4v) is 3.40. The fraction of sp³-hybridized carbons (Fsp3) is 0.211. The van der Waals surface area contributed by atoms with Gasteiger partial charge in [0.1, 0.15) is 5.75 Å². The van der Waals surface area contributed by atoms with Gasteiger partial charge in [-0.3, -0.25) is 9.20 Å². The number of rotatable bonds is 2. The standard InChI is InChI=1S/C19H17NO2/c1-4-22-13-9-16-11(2)12(3)20-18(16)17(10-13)14-7-5-6-8-15(14)19(20)21/h5-10H,4H2,1-3H3. The summed E-state index contributed by atoms with van der Waals surface area (Å²) in [7, 11) is 0. The van der Waals surface area contributed by atoms with Crippen LogP contribution in [0.3, 0.4) is 0 Å². The van der Waals surface area contributed by atoms with Gasteiger partial charge in [-0.25, -0.2) is 0 Å². The number of ether oxygens (including phenoxy) is 1. The summed E-state index contributed by atoms with van der Waals surface area (Å²) in [4.78, 5) is 12.9. The van der Waals surface area contributed by atoms with Crippen LogP contribution >= 0.6 is 0 Å². The Labute approximate surface area is 128 Å². The fourth-order valence-electron chi connectivity index (χ4n) is 3.40. The zero-order valence-electron chi connectivity index (χ0n) is 12.9. The lowest BCUT2D eigenvalue weighted by molar-refractivity contribution is 0.341. The summed E-state index contributed by atoms with van der Waals surface area (Å²) in [5, 5.41) is 3.92. The van der Waals surface area contributed by atoms with Gasteiger partial charge in [-0.2, -0.15) is 0 Å². The lowest BCUT2D eigenvalue weighted by Crippen LogP contribution is -2.14. The molecule has 0 fully saturated rings. The van der Waals surface area contributed by atoms with Gasteiger partial charge in [0.25, 0.3) is 5.56 Å². The van der Waals surface area contributed by atoms with Crippen molar-refractivity contribution in [2.45, 2.75) is 20.8 Å². The molecule has 0 amide bonds. The highest BCUT2D eigenvalue weighted by Gasteiger charge is 2.18. The van der Waals surface area contributed by atoms with E-state index >= 15 is 0 Å². The van der Waals surface area contributed by atoms with Crippen molar-refractivity contribution in [1.29, 1.82) is 0 Å². The first-order valence-corrected chi connectivity index (χ1v) is 7.56. The molecule has 4 rings (SSSR count). The minimum absolute atomic E-state index is 0.0582. The third-order valence-electron chi connectivity index (χ3n) is 4.55. The predicted molar refractivity (Wildman–Crippen MR) is 90.5 cm³/mol. The summed E-state index contributed by atoms with van der Waals surface area (Å²) in [5.74, 6) is 0.856. The Kier molecular flexibility index (Phi) is 2.67. The number of aryl methyl sites for hydroxylation is 2. The molecule has 4 aromatic rings. The van der Waals surface area contributed by atoms with Crippen molar-refractivity contribution in [3.05, 3.63) is 58.0 Å². The average molecular weight is 291 g/mol. The van der Waals surface area contributed by atoms with Crippen LogP contribution in [0.1, 0.15) is 18.2 Å². The SMILES string of the molecule is CCOc1cc2c(C)c(C)n3c(=O)c4ccccc4c(c1)c23. The maximum atomic E-state index is 12.9. The van der Waals surface area contributed by atoms with Crippen LogP contribution in [0, 0.1) is 13.8 Å². The van der Waals surface area contributed by atoms with Crippen LogP contribution in [-0.4, -0.2) is 11.0 Å². The van der Waals surface area contributed by atoms with E-state index < -0.39 is 0 Å². The van der Waals surface area contributed by atoms with Crippen LogP contribution in [0.25, 0.3) is 27.1 Å². The van der Waals surface area contributed by atoms with E-state index in [1.165, 1.54) is 0 Å². The minimum Gasteiger partial charge on any atom is -0.494 e. The topological polar surface area (TPSA) is 30.7 Å². The third kappa shape index (κ3) is 1.54. The van der Waals surface area contributed by atoms with E-state index in [4.69, 9.17) is 4.74 Å². The van der Waals surface area contributed by atoms with Crippen LogP contribution in [0.4, 0.5) is 0 Å². The summed E-state index contributed by atoms with van der Waals surface area (Å²) < 4.78 is 7.58. The second kappa shape index (κ2) is 4.47. The lowest BCUT2D eigenvalue weighted by Gasteiger charge is -2.09. The molecule has 0 saturated carbocycles. The Morgan fingerprint density at radius 3 is 2.41 bits per heavy atom. The van der Waals surface area contributed by atoms with Gasteiger partial charge in [0.05, 0.1) is 12.1 Å². The number of nitrogens with zero attached hydrogens (tertiary/aromatic N) is 1. The molecule has 22 heavy (non-hydrogen) atoms. The van der Waals surface area contributed by atoms with E-state index in [0.29, 0.717) is 6.61 Å². The van der Waals surface area contributed by atoms with Gasteiger partial charge in [0, 0.05) is 21.9 Å². The van der Waals surface area contributed by atoms with Crippen molar-refractivity contribution < 1.29 is 4.74 Å². The van der Waals surface area contributed by atoms with Gasteiger partial charge in [-0.05, 0) is 49.9 Å². The highest BCUT2D eigenvalue weighted by Crippen LogP contribution is 2.35. The molecule has 2 heterocycles. The molecule has 0 aliphatic heterocycles. The van der Waals surface area contributed by atoms with Crippen LogP contribution in [-0.2, 0) is 0 Å². The minimum atomic E-state index is 0.0582. The maximum absolute atomic E-state index is 12.9. The number of hydrogen-bond acceptors (Lipinski definition) is 2. The first-order chi connectivity index (χ1) is 10.6. The molecule has 0 radical (unpaired) electrons. The first kappa shape index (κ1) is 13.1. The zero-order valence-corrected chi connectivity index (χ0v) is 12.9. The molecule has 0 aliphatic carbocycles. The molecule has 2 aromatic heterocycles. The molecule has 3 nitrogen and oxygen atoms in total. The van der Waals surface area contributed by atoms with E-state index in [-0.39, 0.29) is 5.56 Å². The second-order valence-electron chi connectivity index (χ2n) is 5.70. The zero-order chi connectivity index (χ0) is 15.4. The largest absolute Gasteiger partial charge is 0.494 e. The van der Waals surface area contributed by atoms with Crippen molar-refractivity contribution in [1.82, 2.24) is 4.40 Å². The molecule has 0 N–H and O–H groups in total. The van der Waals surface area contributed by atoms with Crippen LogP contribution < -0.4 is 10.3 Å². The van der Waals surface area contributed by atoms with Crippen molar-refractivity contribution in [3.8, 4) is 5.75 Å². The van der Waals surface area contributed by atoms with E-state index in [0.717, 1.165) is 44.1 Å². The highest BCUT2D eigenvalue weighted by atomic mass is 16.5. The Morgan fingerprint density at radius 2 is 1.68 bits per heavy atom. The van der Waals surface area contributed by atoms with Gasteiger partial charge >= 0.3 is 0 Å². The molecular formula is C19H17NO2. The summed E-state index contributed by atoms with van der Waals surface area (Å²) >= 11 is 0. The molecular weight excluding hydrogens is 274 g/mol. The number of hydrogen-bond donors (Lipinski definition) is 0. The molecule has 0 atom stereocenters. The molecule has 0 saturated heterocycles. The highest BCUT2D eigenvalue weighted by molar-refractivity contribution is 6.13. The van der Waals surface area contributed by atoms with Gasteiger partial charge in [-0.1, -0.05) is 18.2 Å². The quantitative estimate of drug-likeness (QED) is 0.521. The smallest absolute Gasteiger partial charge is 0.263 e. The van der Waals surface area contributed by atoms with E-state index in [1.807, 2.05) is 54.6 Å². The Balaban J connectivity index is 2.37. The molecule has 2 aromatic carbocycles. The summed E-state index contributed by atoms with van der Waals surface area (Å²) in [5.41, 5.74) is 3.20. The summed E-state index contributed by atoms with van der Waals surface area (Å²) in [6.45, 7) is 6.68. The molecule has 3 heteroatoms. The van der Waals surface area contributed by atoms with Crippen LogP contribution in [0.15, 0.2) is 41.2 Å². The monoisotopic (exact) mass is 291 g/mol. The normalized spacial score (nSPS) is 11.8. The van der Waals surface area contributed by atoms with Crippen molar-refractivity contribution in [3.63, 3.8) is 0 Å². The second-order valence-corrected chi connectivity index (χ2v) is 5.70. The average Bonchev–Trinajstić information content (AvgIpc) is 2.78. The van der Waals surface area contributed by atoms with E-state index in [2.05, 4.69) is 6.92 Å². The molecule has 110 valence electrons. The van der Waals surface area contributed by atoms with Gasteiger partial charge < -0.3 is 4.74 Å². The van der Waals surface area contributed by atoms with Crippen molar-refractivity contribution in [2.75, 3.05) is 6.61 Å². The van der Waals surface area contributed by atoms with Gasteiger partial charge in [-0.15, -0.1) is 0 Å². The number of fused-ring (bicyclic) bond motifs is 2. The van der Waals surface area contributed by atoms with E-state index in [9.17, 15) is 4.79 Å². The molecule has 0 spiro atoms. The summed E-state index contributed by atoms with van der Waals surface area (Å²) in [6.07, 6.45) is 0. The molecule has 0 unspecified atom stereocenters. The third-order valence-corrected chi connectivity index (χ3v) is 4.55. The Hall–Kier alpha value is -2.55. The lowest BCUT2D eigenvalue weighted by atomic mass is 10.0. The number of aromatic nitrogens is 1. The van der Waals surface area contributed by atoms with Crippen LogP contribution in [0.2, 0.25) is 0 Å². The number of pyridine rings is 1. The van der Waals surface area contributed by atoms with Crippen molar-refractivity contribution >= 4 is 27.1 Å². The summed E-state index contributed by atoms with van der Waals surface area (Å²) in [6, 6.07) is 11.9. The van der Waals surface area contributed by atoms with Gasteiger partial charge in [0.2, 0.25) is 0 Å². The maximum Gasteiger partial charge on any atom is 0.263 e. The Morgan fingerprint density at radius 1 is 1.00 bits per heavy atom. The predicted octanol–water partition coefficient (Wildman–Crippen LogP) is 4.06. The first-order valence-electron chi connectivity index (χ1n) is 7.56. The van der Waals surface area contributed by atoms with Crippen molar-refractivity contribution in [2.24, 2.45) is 0 Å². The molecule has 0 bridgehead atoms. The van der Waals surface area contributed by atoms with Crippen LogP contribution in [0.5, 0.6) is 5.75 Å². The van der Waals surface area contributed by atoms with E-state index in [1.54, 1.807) is 0 Å². The number of benzene rings is 2. The van der Waals surface area contributed by atoms with Gasteiger partial charge in [0.15, 0.2) is 0 Å².